The van der Waals surface area contributed by atoms with Crippen LogP contribution in [0.25, 0.3) is 11.0 Å². The molecule has 1 aromatic carbocycles. The number of aromatic nitrogens is 2. The van der Waals surface area contributed by atoms with Crippen molar-refractivity contribution in [2.75, 3.05) is 18.5 Å². The normalized spacial score (nSPS) is 12.2. The minimum Gasteiger partial charge on any atom is -0.394 e. The van der Waals surface area contributed by atoms with Crippen molar-refractivity contribution < 1.29 is 19.4 Å². The van der Waals surface area contributed by atoms with E-state index in [2.05, 4.69) is 15.6 Å². The Morgan fingerprint density at radius 1 is 1.37 bits per heavy atom. The minimum atomic E-state index is -1.06. The highest BCUT2D eigenvalue weighted by Gasteiger charge is 2.23. The van der Waals surface area contributed by atoms with Crippen LogP contribution in [0.4, 0.5) is 15.9 Å². The lowest BCUT2D eigenvalue weighted by Gasteiger charge is -2.13. The number of pyridine rings is 1. The molecule has 7 nitrogen and oxygen atoms in total. The largest absolute Gasteiger partial charge is 0.394 e. The van der Waals surface area contributed by atoms with Crippen LogP contribution in [0.2, 0.25) is 0 Å². The number of carbonyl (C=O) groups is 1. The summed E-state index contributed by atoms with van der Waals surface area (Å²) in [6.45, 7) is 1.22. The second-order valence-corrected chi connectivity index (χ2v) is 6.31. The number of amides is 1. The number of halogens is 1. The van der Waals surface area contributed by atoms with Gasteiger partial charge in [-0.15, -0.1) is 0 Å². The lowest BCUT2D eigenvalue weighted by atomic mass is 10.1. The van der Waals surface area contributed by atoms with Crippen molar-refractivity contribution in [1.29, 1.82) is 0 Å². The molecular weight excluding hydrogens is 351 g/mol. The third-order valence-electron chi connectivity index (χ3n) is 4.26. The Hall–Kier alpha value is -2.97. The number of nitrogens with one attached hydrogen (secondary N) is 2. The van der Waals surface area contributed by atoms with Crippen LogP contribution >= 0.6 is 0 Å². The van der Waals surface area contributed by atoms with Gasteiger partial charge in [-0.25, -0.2) is 9.37 Å². The predicted molar refractivity (Wildman–Crippen MR) is 101 cm³/mol. The number of benzene rings is 1. The van der Waals surface area contributed by atoms with E-state index in [1.807, 2.05) is 0 Å². The number of carbonyl (C=O) groups excluding carboxylic acids is 1. The maximum atomic E-state index is 14.3. The number of aryl methyl sites for hydroxylation is 2. The van der Waals surface area contributed by atoms with Gasteiger partial charge in [0.25, 0.3) is 5.91 Å². The number of aliphatic hydroxyl groups is 2. The molecule has 3 rings (SSSR count). The molecule has 0 bridgehead atoms. The highest BCUT2D eigenvalue weighted by Crippen LogP contribution is 2.31. The molecule has 27 heavy (non-hydrogen) atoms. The molecule has 3 aromatic rings. The number of nitrogens with zero attached hydrogens (tertiary/aromatic N) is 2. The number of rotatable bonds is 6. The molecule has 0 aliphatic rings. The second kappa shape index (κ2) is 7.73. The molecule has 0 saturated carbocycles. The molecule has 142 valence electrons. The summed E-state index contributed by atoms with van der Waals surface area (Å²) in [6.07, 6.45) is 0.545. The quantitative estimate of drug-likeness (QED) is 0.529. The number of anilines is 2. The Balaban J connectivity index is 2.05. The van der Waals surface area contributed by atoms with Crippen molar-refractivity contribution in [2.24, 2.45) is 7.05 Å². The third kappa shape index (κ3) is 3.76. The van der Waals surface area contributed by atoms with Gasteiger partial charge in [-0.3, -0.25) is 4.79 Å². The molecule has 0 spiro atoms. The van der Waals surface area contributed by atoms with Gasteiger partial charge in [0.1, 0.15) is 17.3 Å². The first kappa shape index (κ1) is 18.8. The number of fused-ring (bicyclic) bond motifs is 1. The standard InChI is InChI=1S/C19H21FN4O3/c1-11-5-6-15(14(20)8-11)23-18-16(19(27)22-9-12(26)10-25)13-4-3-7-21-17(13)24(18)2/h3-8,12,23,25-26H,9-10H2,1-2H3,(H,22,27). The summed E-state index contributed by atoms with van der Waals surface area (Å²) in [5.74, 6) is -0.520. The van der Waals surface area contributed by atoms with E-state index in [0.717, 1.165) is 5.56 Å². The first-order valence-electron chi connectivity index (χ1n) is 8.46. The highest BCUT2D eigenvalue weighted by atomic mass is 19.1. The van der Waals surface area contributed by atoms with E-state index in [4.69, 9.17) is 5.11 Å². The van der Waals surface area contributed by atoms with Crippen molar-refractivity contribution in [3.63, 3.8) is 0 Å². The van der Waals surface area contributed by atoms with Crippen LogP contribution in [0, 0.1) is 12.7 Å². The number of aliphatic hydroxyl groups excluding tert-OH is 2. The molecule has 1 amide bonds. The SMILES string of the molecule is Cc1ccc(Nc2c(C(=O)NCC(O)CO)c3cccnc3n2C)c(F)c1. The van der Waals surface area contributed by atoms with Crippen LogP contribution in [0.5, 0.6) is 0 Å². The molecule has 0 aliphatic heterocycles. The predicted octanol–water partition coefficient (Wildman–Crippen LogP) is 1.85. The molecule has 0 radical (unpaired) electrons. The lowest BCUT2D eigenvalue weighted by Crippen LogP contribution is -2.34. The van der Waals surface area contributed by atoms with Crippen LogP contribution in [-0.2, 0) is 7.05 Å². The van der Waals surface area contributed by atoms with E-state index in [0.29, 0.717) is 16.9 Å². The molecule has 0 aliphatic carbocycles. The van der Waals surface area contributed by atoms with E-state index in [-0.39, 0.29) is 17.8 Å². The van der Waals surface area contributed by atoms with Gasteiger partial charge in [-0.2, -0.15) is 0 Å². The summed E-state index contributed by atoms with van der Waals surface area (Å²) >= 11 is 0. The van der Waals surface area contributed by atoms with E-state index in [1.54, 1.807) is 49.0 Å². The van der Waals surface area contributed by atoms with Crippen molar-refractivity contribution in [1.82, 2.24) is 14.9 Å². The van der Waals surface area contributed by atoms with Crippen LogP contribution in [0.3, 0.4) is 0 Å². The first-order valence-corrected chi connectivity index (χ1v) is 8.46. The summed E-state index contributed by atoms with van der Waals surface area (Å²) in [6, 6.07) is 8.23. The second-order valence-electron chi connectivity index (χ2n) is 6.31. The molecule has 4 N–H and O–H groups in total. The van der Waals surface area contributed by atoms with Gasteiger partial charge < -0.3 is 25.4 Å². The average molecular weight is 372 g/mol. The van der Waals surface area contributed by atoms with Gasteiger partial charge in [0, 0.05) is 25.2 Å². The summed E-state index contributed by atoms with van der Waals surface area (Å²) in [4.78, 5) is 17.1. The van der Waals surface area contributed by atoms with Crippen molar-refractivity contribution in [2.45, 2.75) is 13.0 Å². The fourth-order valence-corrected chi connectivity index (χ4v) is 2.85. The Kier molecular flexibility index (Phi) is 5.38. The van der Waals surface area contributed by atoms with Gasteiger partial charge in [0.15, 0.2) is 0 Å². The smallest absolute Gasteiger partial charge is 0.255 e. The molecule has 0 fully saturated rings. The molecule has 2 aromatic heterocycles. The molecule has 1 unspecified atom stereocenters. The van der Waals surface area contributed by atoms with Gasteiger partial charge in [-0.1, -0.05) is 6.07 Å². The average Bonchev–Trinajstić information content (AvgIpc) is 2.94. The highest BCUT2D eigenvalue weighted by molar-refractivity contribution is 6.11. The van der Waals surface area contributed by atoms with Gasteiger partial charge >= 0.3 is 0 Å². The van der Waals surface area contributed by atoms with Crippen LogP contribution in [0.15, 0.2) is 36.5 Å². The maximum absolute atomic E-state index is 14.3. The maximum Gasteiger partial charge on any atom is 0.255 e. The molecule has 8 heteroatoms. The van der Waals surface area contributed by atoms with E-state index in [1.165, 1.54) is 6.07 Å². The number of hydrogen-bond acceptors (Lipinski definition) is 5. The Morgan fingerprint density at radius 2 is 2.15 bits per heavy atom. The summed E-state index contributed by atoms with van der Waals surface area (Å²) < 4.78 is 16.0. The van der Waals surface area contributed by atoms with E-state index >= 15 is 0 Å². The Bertz CT molecular complexity index is 986. The topological polar surface area (TPSA) is 99.4 Å². The zero-order chi connectivity index (χ0) is 19.6. The zero-order valence-electron chi connectivity index (χ0n) is 15.0. The molecule has 2 heterocycles. The van der Waals surface area contributed by atoms with Gasteiger partial charge in [0.05, 0.1) is 24.0 Å². The van der Waals surface area contributed by atoms with Crippen LogP contribution < -0.4 is 10.6 Å². The van der Waals surface area contributed by atoms with Crippen LogP contribution in [-0.4, -0.2) is 44.9 Å². The first-order chi connectivity index (χ1) is 12.9. The fraction of sp³-hybridized carbons (Fsp3) is 0.263. The summed E-state index contributed by atoms with van der Waals surface area (Å²) in [5.41, 5.74) is 1.86. The zero-order valence-corrected chi connectivity index (χ0v) is 15.0. The lowest BCUT2D eigenvalue weighted by molar-refractivity contribution is 0.0803. The van der Waals surface area contributed by atoms with Crippen molar-refractivity contribution in [3.05, 3.63) is 53.5 Å². The monoisotopic (exact) mass is 372 g/mol. The summed E-state index contributed by atoms with van der Waals surface area (Å²) in [7, 11) is 1.73. The molecule has 1 atom stereocenters. The van der Waals surface area contributed by atoms with E-state index < -0.39 is 24.4 Å². The third-order valence-corrected chi connectivity index (χ3v) is 4.26. The van der Waals surface area contributed by atoms with Gasteiger partial charge in [-0.05, 0) is 36.8 Å². The van der Waals surface area contributed by atoms with Crippen LogP contribution in [0.1, 0.15) is 15.9 Å². The summed E-state index contributed by atoms with van der Waals surface area (Å²) in [5, 5.41) is 24.6. The van der Waals surface area contributed by atoms with E-state index in [9.17, 15) is 14.3 Å². The van der Waals surface area contributed by atoms with Crippen molar-refractivity contribution >= 4 is 28.4 Å². The molecular formula is C19H21FN4O3. The fourth-order valence-electron chi connectivity index (χ4n) is 2.85. The Morgan fingerprint density at radius 3 is 2.85 bits per heavy atom. The Labute approximate surface area is 155 Å². The number of hydrogen-bond donors (Lipinski definition) is 4. The van der Waals surface area contributed by atoms with Crippen molar-refractivity contribution in [3.8, 4) is 0 Å². The minimum absolute atomic E-state index is 0.107. The molecule has 0 saturated heterocycles. The van der Waals surface area contributed by atoms with Gasteiger partial charge in [0.2, 0.25) is 0 Å².